The smallest absolute Gasteiger partial charge is 0.238 e. The van der Waals surface area contributed by atoms with E-state index in [0.29, 0.717) is 0 Å². The number of nitrogens with zero attached hydrogens (tertiary/aromatic N) is 1. The average Bonchev–Trinajstić information content (AvgIpc) is 2.69. The van der Waals surface area contributed by atoms with Crippen molar-refractivity contribution in [2.45, 2.75) is 6.42 Å². The van der Waals surface area contributed by atoms with Crippen LogP contribution in [0.15, 0.2) is 78.0 Å². The first-order valence-corrected chi connectivity index (χ1v) is 8.73. The number of hydrogen-bond acceptors (Lipinski definition) is 3. The summed E-state index contributed by atoms with van der Waals surface area (Å²) in [5.41, 5.74) is 13.5. The molecule has 2 aliphatic rings. The summed E-state index contributed by atoms with van der Waals surface area (Å²) < 4.78 is 0. The first kappa shape index (κ1) is 16.4. The van der Waals surface area contributed by atoms with E-state index in [2.05, 4.69) is 71.9 Å². The molecule has 0 atom stereocenters. The number of hydrogen-bond donors (Lipinski definition) is 2. The highest BCUT2D eigenvalue weighted by atomic mass is 16.1. The highest BCUT2D eigenvalue weighted by Gasteiger charge is 2.27. The van der Waals surface area contributed by atoms with Crippen molar-refractivity contribution in [1.82, 2.24) is 0 Å². The van der Waals surface area contributed by atoms with Crippen LogP contribution in [0.1, 0.15) is 17.5 Å². The predicted molar refractivity (Wildman–Crippen MR) is 107 cm³/mol. The fraction of sp³-hybridized carbons (Fsp3) is 0.136. The van der Waals surface area contributed by atoms with Gasteiger partial charge in [-0.15, -0.1) is 0 Å². The summed E-state index contributed by atoms with van der Waals surface area (Å²) in [6.07, 6.45) is 7.39. The first-order chi connectivity index (χ1) is 12.7. The Hall–Kier alpha value is -3.11. The number of amides is 1. The Morgan fingerprint density at radius 3 is 2.69 bits per heavy atom. The van der Waals surface area contributed by atoms with E-state index >= 15 is 0 Å². The minimum absolute atomic E-state index is 0.0166. The van der Waals surface area contributed by atoms with Crippen LogP contribution in [0.5, 0.6) is 0 Å². The van der Waals surface area contributed by atoms with Crippen LogP contribution < -0.4 is 16.0 Å². The number of carbonyl (C=O) groups excluding carboxylic acids is 1. The van der Waals surface area contributed by atoms with E-state index in [1.165, 1.54) is 28.1 Å². The number of likely N-dealkylation sites (N-methyl/N-ethyl adjacent to an activating group) is 1. The molecule has 0 saturated heterocycles. The van der Waals surface area contributed by atoms with Gasteiger partial charge >= 0.3 is 0 Å². The second kappa shape index (κ2) is 6.65. The van der Waals surface area contributed by atoms with E-state index in [-0.39, 0.29) is 12.5 Å². The number of nitrogens with two attached hydrogens (primary N) is 1. The molecule has 0 unspecified atom stereocenters. The number of fused-ring (bicyclic) bond motifs is 2. The fourth-order valence-corrected chi connectivity index (χ4v) is 3.63. The lowest BCUT2D eigenvalue weighted by Gasteiger charge is -2.35. The molecule has 2 aromatic carbocycles. The van der Waals surface area contributed by atoms with Crippen molar-refractivity contribution in [1.29, 1.82) is 0 Å². The average molecular weight is 343 g/mol. The standard InChI is InChI=1S/C22H21N3O/c1-25-19-8-4-2-6-17(19)22(18-7-3-5-9-20(18)25)15-10-12-16(13-11-15)24-21(26)14-23/h2-6,8-13H,7,14,23H2,1H3,(H,24,26). The second-order valence-corrected chi connectivity index (χ2v) is 6.44. The topological polar surface area (TPSA) is 58.4 Å². The van der Waals surface area contributed by atoms with E-state index in [9.17, 15) is 4.79 Å². The van der Waals surface area contributed by atoms with Crippen molar-refractivity contribution in [3.8, 4) is 0 Å². The predicted octanol–water partition coefficient (Wildman–Crippen LogP) is 3.68. The fourth-order valence-electron chi connectivity index (χ4n) is 3.63. The molecule has 0 bridgehead atoms. The van der Waals surface area contributed by atoms with Crippen molar-refractivity contribution in [3.05, 3.63) is 89.2 Å². The molecular weight excluding hydrogens is 322 g/mol. The molecule has 0 saturated carbocycles. The van der Waals surface area contributed by atoms with Gasteiger partial charge in [0.15, 0.2) is 0 Å². The number of benzene rings is 2. The van der Waals surface area contributed by atoms with Gasteiger partial charge in [-0.2, -0.15) is 0 Å². The van der Waals surface area contributed by atoms with Gasteiger partial charge in [0.2, 0.25) is 5.91 Å². The van der Waals surface area contributed by atoms with Crippen molar-refractivity contribution < 1.29 is 4.79 Å². The maximum atomic E-state index is 11.5. The molecule has 130 valence electrons. The van der Waals surface area contributed by atoms with Gasteiger partial charge in [-0.1, -0.05) is 42.5 Å². The van der Waals surface area contributed by atoms with Crippen molar-refractivity contribution in [3.63, 3.8) is 0 Å². The molecule has 4 nitrogen and oxygen atoms in total. The van der Waals surface area contributed by atoms with Gasteiger partial charge < -0.3 is 16.0 Å². The van der Waals surface area contributed by atoms with E-state index in [0.717, 1.165) is 17.7 Å². The van der Waals surface area contributed by atoms with E-state index in [4.69, 9.17) is 5.73 Å². The molecule has 1 amide bonds. The summed E-state index contributed by atoms with van der Waals surface area (Å²) in [6, 6.07) is 16.5. The summed E-state index contributed by atoms with van der Waals surface area (Å²) in [5.74, 6) is -0.188. The second-order valence-electron chi connectivity index (χ2n) is 6.44. The lowest BCUT2D eigenvalue weighted by molar-refractivity contribution is -0.114. The minimum atomic E-state index is -0.188. The zero-order chi connectivity index (χ0) is 18.1. The van der Waals surface area contributed by atoms with Crippen molar-refractivity contribution in [2.75, 3.05) is 23.8 Å². The third-order valence-corrected chi connectivity index (χ3v) is 4.86. The zero-order valence-electron chi connectivity index (χ0n) is 14.7. The molecule has 4 heteroatoms. The van der Waals surface area contributed by atoms with E-state index in [1.54, 1.807) is 0 Å². The van der Waals surface area contributed by atoms with Crippen LogP contribution in [0.3, 0.4) is 0 Å². The van der Waals surface area contributed by atoms with Crippen LogP contribution in [0.2, 0.25) is 0 Å². The van der Waals surface area contributed by atoms with Crippen LogP contribution >= 0.6 is 0 Å². The van der Waals surface area contributed by atoms with Gasteiger partial charge in [-0.05, 0) is 47.4 Å². The van der Waals surface area contributed by atoms with Crippen LogP contribution in [-0.4, -0.2) is 19.5 Å². The Morgan fingerprint density at radius 2 is 1.92 bits per heavy atom. The summed E-state index contributed by atoms with van der Waals surface area (Å²) in [7, 11) is 2.12. The van der Waals surface area contributed by atoms with Crippen LogP contribution in [-0.2, 0) is 4.79 Å². The monoisotopic (exact) mass is 343 g/mol. The number of anilines is 2. The van der Waals surface area contributed by atoms with E-state index < -0.39 is 0 Å². The van der Waals surface area contributed by atoms with E-state index in [1.807, 2.05) is 12.1 Å². The molecule has 2 aromatic rings. The molecule has 1 heterocycles. The third kappa shape index (κ3) is 2.74. The molecule has 4 rings (SSSR count). The maximum absolute atomic E-state index is 11.5. The summed E-state index contributed by atoms with van der Waals surface area (Å²) in [6.45, 7) is -0.0166. The molecule has 0 aromatic heterocycles. The quantitative estimate of drug-likeness (QED) is 0.894. The summed E-state index contributed by atoms with van der Waals surface area (Å²) >= 11 is 0. The van der Waals surface area contributed by atoms with Gasteiger partial charge in [0, 0.05) is 29.7 Å². The highest BCUT2D eigenvalue weighted by Crippen LogP contribution is 2.44. The number of nitrogens with one attached hydrogen (secondary N) is 1. The first-order valence-electron chi connectivity index (χ1n) is 8.73. The van der Waals surface area contributed by atoms with Crippen LogP contribution in [0.4, 0.5) is 11.4 Å². The lowest BCUT2D eigenvalue weighted by atomic mass is 9.84. The Labute approximate surface area is 153 Å². The SMILES string of the molecule is CN1C2=CC=CCC2=C(c2ccc(NC(=O)CN)cc2)c2ccccc21. The maximum Gasteiger partial charge on any atom is 0.238 e. The molecule has 0 fully saturated rings. The molecule has 0 radical (unpaired) electrons. The third-order valence-electron chi connectivity index (χ3n) is 4.86. The van der Waals surface area contributed by atoms with Gasteiger partial charge in [0.05, 0.1) is 6.54 Å². The van der Waals surface area contributed by atoms with Gasteiger partial charge in [-0.25, -0.2) is 0 Å². The number of carbonyl (C=O) groups is 1. The van der Waals surface area contributed by atoms with Gasteiger partial charge in [-0.3, -0.25) is 4.79 Å². The molecule has 1 aliphatic heterocycles. The zero-order valence-corrected chi connectivity index (χ0v) is 14.7. The minimum Gasteiger partial charge on any atom is -0.344 e. The summed E-state index contributed by atoms with van der Waals surface area (Å²) in [4.78, 5) is 13.7. The number of para-hydroxylation sites is 1. The van der Waals surface area contributed by atoms with Gasteiger partial charge in [0.25, 0.3) is 0 Å². The molecule has 3 N–H and O–H groups in total. The molecule has 0 spiro atoms. The van der Waals surface area contributed by atoms with Gasteiger partial charge in [0.1, 0.15) is 0 Å². The Kier molecular flexibility index (Phi) is 4.19. The molecule has 26 heavy (non-hydrogen) atoms. The van der Waals surface area contributed by atoms with Crippen LogP contribution in [0.25, 0.3) is 5.57 Å². The number of allylic oxidation sites excluding steroid dienone is 4. The molecular formula is C22H21N3O. The normalized spacial score (nSPS) is 15.3. The largest absolute Gasteiger partial charge is 0.344 e. The number of rotatable bonds is 3. The highest BCUT2D eigenvalue weighted by molar-refractivity contribution is 5.96. The van der Waals surface area contributed by atoms with Crippen molar-refractivity contribution >= 4 is 22.9 Å². The Bertz CT molecular complexity index is 952. The summed E-state index contributed by atoms with van der Waals surface area (Å²) in [5, 5.41) is 2.79. The van der Waals surface area contributed by atoms with Crippen LogP contribution in [0, 0.1) is 0 Å². The Morgan fingerprint density at radius 1 is 1.15 bits per heavy atom. The Balaban J connectivity index is 1.82. The van der Waals surface area contributed by atoms with Crippen molar-refractivity contribution in [2.24, 2.45) is 5.73 Å². The lowest BCUT2D eigenvalue weighted by Crippen LogP contribution is -2.25. The molecule has 1 aliphatic carbocycles.